The third-order valence-electron chi connectivity index (χ3n) is 1.70. The molecule has 0 aliphatic rings. The molecule has 3 nitrogen and oxygen atoms in total. The van der Waals surface area contributed by atoms with Gasteiger partial charge in [-0.1, -0.05) is 11.6 Å². The first kappa shape index (κ1) is 13.8. The highest BCUT2D eigenvalue weighted by molar-refractivity contribution is 6.33. The van der Waals surface area contributed by atoms with Crippen LogP contribution >= 0.6 is 11.6 Å². The number of alkyl halides is 3. The van der Waals surface area contributed by atoms with Gasteiger partial charge < -0.3 is 4.74 Å². The van der Waals surface area contributed by atoms with E-state index < -0.39 is 23.8 Å². The van der Waals surface area contributed by atoms with E-state index in [1.165, 1.54) is 0 Å². The zero-order valence-corrected chi connectivity index (χ0v) is 9.76. The van der Waals surface area contributed by atoms with E-state index in [1.54, 1.807) is 13.8 Å². The van der Waals surface area contributed by atoms with Crippen molar-refractivity contribution in [3.05, 3.63) is 28.5 Å². The monoisotopic (exact) mass is 267 g/mol. The van der Waals surface area contributed by atoms with Gasteiger partial charge in [-0.25, -0.2) is 9.78 Å². The molecule has 0 aromatic carbocycles. The largest absolute Gasteiger partial charge is 0.458 e. The Balaban J connectivity index is 3.02. The third kappa shape index (κ3) is 3.59. The number of carbonyl (C=O) groups excluding carboxylic acids is 1. The van der Waals surface area contributed by atoms with Gasteiger partial charge in [0.05, 0.1) is 16.7 Å². The van der Waals surface area contributed by atoms with Gasteiger partial charge in [0.25, 0.3) is 0 Å². The summed E-state index contributed by atoms with van der Waals surface area (Å²) in [7, 11) is 0. The summed E-state index contributed by atoms with van der Waals surface area (Å²) in [5.74, 6) is -0.848. The van der Waals surface area contributed by atoms with Gasteiger partial charge in [-0.2, -0.15) is 13.2 Å². The van der Waals surface area contributed by atoms with Crippen LogP contribution in [0.5, 0.6) is 0 Å². The van der Waals surface area contributed by atoms with Crippen LogP contribution in [0, 0.1) is 0 Å². The topological polar surface area (TPSA) is 39.2 Å². The molecule has 0 aliphatic carbocycles. The summed E-state index contributed by atoms with van der Waals surface area (Å²) in [6.45, 7) is 3.21. The van der Waals surface area contributed by atoms with Crippen molar-refractivity contribution in [3.8, 4) is 0 Å². The zero-order valence-electron chi connectivity index (χ0n) is 9.01. The number of hydrogen-bond donors (Lipinski definition) is 0. The SMILES string of the molecule is CC(C)OC(=O)c1ncc(C(F)(F)F)cc1Cl. The van der Waals surface area contributed by atoms with E-state index in [1.807, 2.05) is 0 Å². The molecule has 7 heteroatoms. The van der Waals surface area contributed by atoms with E-state index >= 15 is 0 Å². The Bertz CT molecular complexity index is 432. The van der Waals surface area contributed by atoms with Crippen molar-refractivity contribution in [2.24, 2.45) is 0 Å². The molecule has 0 aliphatic heterocycles. The second-order valence-corrected chi connectivity index (χ2v) is 3.91. The van der Waals surface area contributed by atoms with E-state index in [-0.39, 0.29) is 10.7 Å². The highest BCUT2D eigenvalue weighted by Gasteiger charge is 2.32. The lowest BCUT2D eigenvalue weighted by atomic mass is 10.2. The minimum atomic E-state index is -4.54. The van der Waals surface area contributed by atoms with E-state index in [4.69, 9.17) is 16.3 Å². The minimum absolute atomic E-state index is 0.326. The smallest absolute Gasteiger partial charge is 0.417 e. The lowest BCUT2D eigenvalue weighted by Crippen LogP contribution is -2.15. The molecule has 0 fully saturated rings. The molecule has 0 N–H and O–H groups in total. The van der Waals surface area contributed by atoms with Gasteiger partial charge >= 0.3 is 12.1 Å². The van der Waals surface area contributed by atoms with E-state index in [0.29, 0.717) is 12.3 Å². The molecular weight excluding hydrogens is 259 g/mol. The van der Waals surface area contributed by atoms with Crippen molar-refractivity contribution in [2.75, 3.05) is 0 Å². The predicted molar refractivity (Wildman–Crippen MR) is 54.8 cm³/mol. The number of nitrogens with zero attached hydrogens (tertiary/aromatic N) is 1. The van der Waals surface area contributed by atoms with Crippen molar-refractivity contribution < 1.29 is 22.7 Å². The van der Waals surface area contributed by atoms with Crippen molar-refractivity contribution in [2.45, 2.75) is 26.1 Å². The van der Waals surface area contributed by atoms with Crippen LogP contribution < -0.4 is 0 Å². The zero-order chi connectivity index (χ0) is 13.2. The summed E-state index contributed by atoms with van der Waals surface area (Å²) in [6, 6.07) is 0.644. The Hall–Kier alpha value is -1.30. The molecule has 94 valence electrons. The summed E-state index contributed by atoms with van der Waals surface area (Å²) in [6.07, 6.45) is -4.40. The fourth-order valence-electron chi connectivity index (χ4n) is 1.01. The van der Waals surface area contributed by atoms with E-state index in [0.717, 1.165) is 0 Å². The maximum atomic E-state index is 12.3. The number of carbonyl (C=O) groups is 1. The van der Waals surface area contributed by atoms with Crippen LogP contribution in [-0.4, -0.2) is 17.1 Å². The molecule has 0 saturated heterocycles. The normalized spacial score (nSPS) is 11.7. The average molecular weight is 268 g/mol. The van der Waals surface area contributed by atoms with Gasteiger partial charge in [0.1, 0.15) is 0 Å². The van der Waals surface area contributed by atoms with Gasteiger partial charge in [0.2, 0.25) is 0 Å². The summed E-state index contributed by atoms with van der Waals surface area (Å²) >= 11 is 5.55. The number of esters is 1. The van der Waals surface area contributed by atoms with Crippen LogP contribution in [0.1, 0.15) is 29.9 Å². The molecule has 0 unspecified atom stereocenters. The van der Waals surface area contributed by atoms with E-state index in [9.17, 15) is 18.0 Å². The fraction of sp³-hybridized carbons (Fsp3) is 0.400. The predicted octanol–water partition coefficient (Wildman–Crippen LogP) is 3.32. The second kappa shape index (κ2) is 4.91. The first-order chi connectivity index (χ1) is 7.71. The fourth-order valence-corrected chi connectivity index (χ4v) is 1.26. The standard InChI is InChI=1S/C10H9ClF3NO2/c1-5(2)17-9(16)8-7(11)3-6(4-15-8)10(12,13)14/h3-5H,1-2H3. The Morgan fingerprint density at radius 1 is 1.47 bits per heavy atom. The molecule has 0 saturated carbocycles. The van der Waals surface area contributed by atoms with Gasteiger partial charge in [-0.15, -0.1) is 0 Å². The maximum absolute atomic E-state index is 12.3. The quantitative estimate of drug-likeness (QED) is 0.772. The molecule has 1 aromatic heterocycles. The van der Waals surface area contributed by atoms with Gasteiger partial charge in [0, 0.05) is 6.20 Å². The van der Waals surface area contributed by atoms with Gasteiger partial charge in [-0.05, 0) is 19.9 Å². The first-order valence-corrected chi connectivity index (χ1v) is 5.03. The molecule has 0 radical (unpaired) electrons. The molecule has 17 heavy (non-hydrogen) atoms. The number of pyridine rings is 1. The Morgan fingerprint density at radius 3 is 2.47 bits per heavy atom. The van der Waals surface area contributed by atoms with Gasteiger partial charge in [0.15, 0.2) is 5.69 Å². The number of rotatable bonds is 2. The van der Waals surface area contributed by atoms with Crippen LogP contribution in [0.2, 0.25) is 5.02 Å². The summed E-state index contributed by atoms with van der Waals surface area (Å²) in [4.78, 5) is 14.8. The Kier molecular flexibility index (Phi) is 3.98. The number of aromatic nitrogens is 1. The highest BCUT2D eigenvalue weighted by atomic mass is 35.5. The van der Waals surface area contributed by atoms with Crippen LogP contribution in [0.15, 0.2) is 12.3 Å². The van der Waals surface area contributed by atoms with E-state index in [2.05, 4.69) is 4.98 Å². The highest BCUT2D eigenvalue weighted by Crippen LogP contribution is 2.31. The second-order valence-electron chi connectivity index (χ2n) is 3.51. The van der Waals surface area contributed by atoms with Crippen LogP contribution in [-0.2, 0) is 10.9 Å². The number of ether oxygens (including phenoxy) is 1. The van der Waals surface area contributed by atoms with Crippen molar-refractivity contribution in [3.63, 3.8) is 0 Å². The number of halogens is 4. The lowest BCUT2D eigenvalue weighted by molar-refractivity contribution is -0.137. The average Bonchev–Trinajstić information content (AvgIpc) is 2.14. The molecule has 1 aromatic rings. The summed E-state index contributed by atoms with van der Waals surface area (Å²) in [5.41, 5.74) is -1.34. The van der Waals surface area contributed by atoms with Crippen LogP contribution in [0.3, 0.4) is 0 Å². The summed E-state index contributed by atoms with van der Waals surface area (Å²) in [5, 5.41) is -0.384. The molecule has 1 rings (SSSR count). The van der Waals surface area contributed by atoms with Crippen LogP contribution in [0.4, 0.5) is 13.2 Å². The first-order valence-electron chi connectivity index (χ1n) is 4.65. The Morgan fingerprint density at radius 2 is 2.06 bits per heavy atom. The van der Waals surface area contributed by atoms with Gasteiger partial charge in [-0.3, -0.25) is 0 Å². The molecular formula is C10H9ClF3NO2. The lowest BCUT2D eigenvalue weighted by Gasteiger charge is -2.10. The van der Waals surface area contributed by atoms with Crippen molar-refractivity contribution >= 4 is 17.6 Å². The molecule has 1 heterocycles. The molecule has 0 amide bonds. The molecule has 0 atom stereocenters. The van der Waals surface area contributed by atoms with Crippen LogP contribution in [0.25, 0.3) is 0 Å². The third-order valence-corrected chi connectivity index (χ3v) is 1.99. The number of hydrogen-bond acceptors (Lipinski definition) is 3. The molecule has 0 bridgehead atoms. The Labute approximate surface area is 101 Å². The summed E-state index contributed by atoms with van der Waals surface area (Å²) < 4.78 is 41.7. The van der Waals surface area contributed by atoms with Crippen molar-refractivity contribution in [1.82, 2.24) is 4.98 Å². The van der Waals surface area contributed by atoms with Crippen molar-refractivity contribution in [1.29, 1.82) is 0 Å². The molecule has 0 spiro atoms. The maximum Gasteiger partial charge on any atom is 0.417 e. The minimum Gasteiger partial charge on any atom is -0.458 e.